The van der Waals surface area contributed by atoms with Crippen LogP contribution < -0.4 is 9.47 Å². The van der Waals surface area contributed by atoms with Crippen molar-refractivity contribution in [2.24, 2.45) is 0 Å². The smallest absolute Gasteiger partial charge is 0.156 e. The third-order valence-electron chi connectivity index (χ3n) is 4.53. The molecule has 1 atom stereocenters. The van der Waals surface area contributed by atoms with Crippen molar-refractivity contribution in [3.63, 3.8) is 0 Å². The van der Waals surface area contributed by atoms with Crippen LogP contribution in [0.15, 0.2) is 54.6 Å². The Kier molecular flexibility index (Phi) is 5.54. The molecule has 1 aliphatic rings. The first-order valence-corrected chi connectivity index (χ1v) is 8.80. The van der Waals surface area contributed by atoms with E-state index in [1.807, 2.05) is 36.4 Å². The fourth-order valence-electron chi connectivity index (χ4n) is 3.19. The van der Waals surface area contributed by atoms with Gasteiger partial charge in [0.2, 0.25) is 0 Å². The van der Waals surface area contributed by atoms with Gasteiger partial charge in [-0.2, -0.15) is 0 Å². The Labute approximate surface area is 149 Å². The molecule has 0 spiro atoms. The van der Waals surface area contributed by atoms with Crippen molar-refractivity contribution >= 4 is 11.4 Å². The van der Waals surface area contributed by atoms with Crippen molar-refractivity contribution in [2.45, 2.75) is 32.1 Å². The zero-order valence-corrected chi connectivity index (χ0v) is 14.8. The van der Waals surface area contributed by atoms with Crippen molar-refractivity contribution in [1.29, 1.82) is 0 Å². The molecule has 0 aromatic heterocycles. The molecule has 0 unspecified atom stereocenters. The average Bonchev–Trinajstić information content (AvgIpc) is 2.66. The molecule has 2 aromatic rings. The van der Waals surface area contributed by atoms with Crippen molar-refractivity contribution in [2.75, 3.05) is 13.7 Å². The number of benzene rings is 2. The van der Waals surface area contributed by atoms with Gasteiger partial charge in [0.1, 0.15) is 11.5 Å². The molecule has 1 aliphatic carbocycles. The fourth-order valence-corrected chi connectivity index (χ4v) is 3.19. The topological polar surface area (TPSA) is 35.5 Å². The van der Waals surface area contributed by atoms with E-state index in [2.05, 4.69) is 19.1 Å². The van der Waals surface area contributed by atoms with Gasteiger partial charge in [-0.05, 0) is 65.8 Å². The minimum atomic E-state index is 0.188. The van der Waals surface area contributed by atoms with Crippen molar-refractivity contribution in [3.05, 3.63) is 65.7 Å². The van der Waals surface area contributed by atoms with Gasteiger partial charge in [-0.25, -0.2) is 0 Å². The molecular weight excluding hydrogens is 312 g/mol. The van der Waals surface area contributed by atoms with Crippen molar-refractivity contribution < 1.29 is 14.3 Å². The molecular formula is C22H24O3. The SMILES string of the molecule is CCCOc1ccc(C2=CC(=O)C[C@H](c3ccc(OC)cc3)C2)cc1. The Balaban J connectivity index is 1.76. The third kappa shape index (κ3) is 4.30. The Morgan fingerprint density at radius 1 is 0.960 bits per heavy atom. The molecule has 0 fully saturated rings. The van der Waals surface area contributed by atoms with Crippen LogP contribution in [-0.4, -0.2) is 19.5 Å². The van der Waals surface area contributed by atoms with Gasteiger partial charge in [-0.1, -0.05) is 31.2 Å². The summed E-state index contributed by atoms with van der Waals surface area (Å²) in [4.78, 5) is 12.2. The summed E-state index contributed by atoms with van der Waals surface area (Å²) < 4.78 is 10.8. The first-order valence-electron chi connectivity index (χ1n) is 8.80. The van der Waals surface area contributed by atoms with E-state index in [4.69, 9.17) is 9.47 Å². The van der Waals surface area contributed by atoms with Gasteiger partial charge in [-0.3, -0.25) is 4.79 Å². The van der Waals surface area contributed by atoms with E-state index in [-0.39, 0.29) is 11.7 Å². The molecule has 0 saturated carbocycles. The highest BCUT2D eigenvalue weighted by Gasteiger charge is 2.23. The minimum absolute atomic E-state index is 0.188. The number of hydrogen-bond donors (Lipinski definition) is 0. The zero-order chi connectivity index (χ0) is 17.6. The molecule has 0 N–H and O–H groups in total. The van der Waals surface area contributed by atoms with Gasteiger partial charge in [0.25, 0.3) is 0 Å². The molecule has 0 amide bonds. The Bertz CT molecular complexity index is 742. The second-order valence-corrected chi connectivity index (χ2v) is 6.39. The lowest BCUT2D eigenvalue weighted by molar-refractivity contribution is -0.115. The molecule has 130 valence electrons. The summed E-state index contributed by atoms with van der Waals surface area (Å²) in [6, 6.07) is 16.1. The van der Waals surface area contributed by atoms with Gasteiger partial charge < -0.3 is 9.47 Å². The van der Waals surface area contributed by atoms with Crippen LogP contribution in [0.3, 0.4) is 0 Å². The van der Waals surface area contributed by atoms with E-state index in [1.54, 1.807) is 13.2 Å². The lowest BCUT2D eigenvalue weighted by atomic mass is 9.81. The van der Waals surface area contributed by atoms with E-state index >= 15 is 0 Å². The number of hydrogen-bond acceptors (Lipinski definition) is 3. The lowest BCUT2D eigenvalue weighted by Gasteiger charge is -2.23. The standard InChI is InChI=1S/C22H24O3/c1-3-12-25-22-10-6-17(7-11-22)19-13-18(14-20(23)15-19)16-4-8-21(24-2)9-5-16/h4-11,15,18H,3,12-14H2,1-2H3/t18-/m1/s1. The number of carbonyl (C=O) groups excluding carboxylic acids is 1. The summed E-state index contributed by atoms with van der Waals surface area (Å²) in [5.74, 6) is 2.12. The highest BCUT2D eigenvalue weighted by Crippen LogP contribution is 2.36. The third-order valence-corrected chi connectivity index (χ3v) is 4.53. The Hall–Kier alpha value is -2.55. The van der Waals surface area contributed by atoms with E-state index in [9.17, 15) is 4.79 Å². The lowest BCUT2D eigenvalue weighted by Crippen LogP contribution is -2.12. The van der Waals surface area contributed by atoms with Gasteiger partial charge in [0, 0.05) is 6.42 Å². The van der Waals surface area contributed by atoms with E-state index < -0.39 is 0 Å². The quantitative estimate of drug-likeness (QED) is 0.743. The summed E-state index contributed by atoms with van der Waals surface area (Å²) in [7, 11) is 1.66. The molecule has 0 aliphatic heterocycles. The summed E-state index contributed by atoms with van der Waals surface area (Å²) >= 11 is 0. The summed E-state index contributed by atoms with van der Waals surface area (Å²) in [6.45, 7) is 2.81. The van der Waals surface area contributed by atoms with Crippen LogP contribution in [0.4, 0.5) is 0 Å². The maximum Gasteiger partial charge on any atom is 0.156 e. The molecule has 0 bridgehead atoms. The number of carbonyl (C=O) groups is 1. The normalized spacial score (nSPS) is 17.1. The first kappa shape index (κ1) is 17.3. The maximum atomic E-state index is 12.2. The van der Waals surface area contributed by atoms with Crippen LogP contribution >= 0.6 is 0 Å². The number of ether oxygens (including phenoxy) is 2. The van der Waals surface area contributed by atoms with Crippen LogP contribution in [-0.2, 0) is 4.79 Å². The number of rotatable bonds is 6. The maximum absolute atomic E-state index is 12.2. The number of allylic oxidation sites excluding steroid dienone is 2. The van der Waals surface area contributed by atoms with Crippen molar-refractivity contribution in [3.8, 4) is 11.5 Å². The molecule has 0 saturated heterocycles. The molecule has 25 heavy (non-hydrogen) atoms. The number of methoxy groups -OCH3 is 1. The summed E-state index contributed by atoms with van der Waals surface area (Å²) in [5.41, 5.74) is 3.37. The average molecular weight is 336 g/mol. The zero-order valence-electron chi connectivity index (χ0n) is 14.8. The molecule has 3 nitrogen and oxygen atoms in total. The molecule has 0 radical (unpaired) electrons. The molecule has 3 rings (SSSR count). The summed E-state index contributed by atoms with van der Waals surface area (Å²) in [5, 5.41) is 0. The van der Waals surface area contributed by atoms with Crippen LogP contribution in [0.2, 0.25) is 0 Å². The van der Waals surface area contributed by atoms with E-state index in [0.29, 0.717) is 6.42 Å². The fraction of sp³-hybridized carbons (Fsp3) is 0.318. The minimum Gasteiger partial charge on any atom is -0.497 e. The van der Waals surface area contributed by atoms with E-state index in [1.165, 1.54) is 5.56 Å². The van der Waals surface area contributed by atoms with Gasteiger partial charge >= 0.3 is 0 Å². The predicted molar refractivity (Wildman–Crippen MR) is 100 cm³/mol. The van der Waals surface area contributed by atoms with Gasteiger partial charge in [-0.15, -0.1) is 0 Å². The van der Waals surface area contributed by atoms with E-state index in [0.717, 1.165) is 42.1 Å². The highest BCUT2D eigenvalue weighted by molar-refractivity contribution is 5.99. The molecule has 3 heteroatoms. The summed E-state index contributed by atoms with van der Waals surface area (Å²) in [6.07, 6.45) is 4.22. The predicted octanol–water partition coefficient (Wildman–Crippen LogP) is 5.01. The molecule has 0 heterocycles. The largest absolute Gasteiger partial charge is 0.497 e. The Morgan fingerprint density at radius 3 is 2.28 bits per heavy atom. The van der Waals surface area contributed by atoms with Crippen LogP contribution in [0.1, 0.15) is 43.2 Å². The van der Waals surface area contributed by atoms with Crippen LogP contribution in [0.25, 0.3) is 5.57 Å². The second kappa shape index (κ2) is 8.02. The van der Waals surface area contributed by atoms with Crippen LogP contribution in [0.5, 0.6) is 11.5 Å². The first-order chi connectivity index (χ1) is 12.2. The molecule has 2 aromatic carbocycles. The van der Waals surface area contributed by atoms with Crippen LogP contribution in [0, 0.1) is 0 Å². The monoisotopic (exact) mass is 336 g/mol. The highest BCUT2D eigenvalue weighted by atomic mass is 16.5. The van der Waals surface area contributed by atoms with Gasteiger partial charge in [0.15, 0.2) is 5.78 Å². The van der Waals surface area contributed by atoms with Crippen molar-refractivity contribution in [1.82, 2.24) is 0 Å². The Morgan fingerprint density at radius 2 is 1.64 bits per heavy atom. The second-order valence-electron chi connectivity index (χ2n) is 6.39. The number of ketones is 1. The van der Waals surface area contributed by atoms with Gasteiger partial charge in [0.05, 0.1) is 13.7 Å².